The zero-order valence-electron chi connectivity index (χ0n) is 11.3. The van der Waals surface area contributed by atoms with Gasteiger partial charge in [-0.3, -0.25) is 0 Å². The number of aromatic amines is 1. The van der Waals surface area contributed by atoms with Gasteiger partial charge in [-0.25, -0.2) is 0 Å². The summed E-state index contributed by atoms with van der Waals surface area (Å²) in [6.45, 7) is 7.06. The fourth-order valence-corrected chi connectivity index (χ4v) is 1.80. The quantitative estimate of drug-likeness (QED) is 0.423. The highest BCUT2D eigenvalue weighted by molar-refractivity contribution is 5.93. The molecule has 0 fully saturated rings. The lowest BCUT2D eigenvalue weighted by Crippen LogP contribution is -1.83. The number of azo groups is 1. The van der Waals surface area contributed by atoms with E-state index in [-0.39, 0.29) is 17.3 Å². The number of allylic oxidation sites excluding steroid dienone is 4. The van der Waals surface area contributed by atoms with E-state index in [2.05, 4.69) is 28.4 Å². The minimum Gasteiger partial charge on any atom is -0.506 e. The Labute approximate surface area is 122 Å². The third-order valence-electron chi connectivity index (χ3n) is 2.73. The highest BCUT2D eigenvalue weighted by Crippen LogP contribution is 2.35. The molecule has 0 bridgehead atoms. The summed E-state index contributed by atoms with van der Waals surface area (Å²) in [6, 6.07) is 7.32. The van der Waals surface area contributed by atoms with Crippen molar-refractivity contribution >= 4 is 16.6 Å². The highest BCUT2D eigenvalue weighted by atomic mass is 16.3. The molecule has 0 aliphatic carbocycles. The number of aliphatic hydroxyl groups excluding tert-OH is 1. The monoisotopic (exact) mass is 281 g/mol. The van der Waals surface area contributed by atoms with Gasteiger partial charge in [0, 0.05) is 5.39 Å². The van der Waals surface area contributed by atoms with Crippen molar-refractivity contribution in [2.75, 3.05) is 0 Å². The number of aromatic nitrogens is 1. The van der Waals surface area contributed by atoms with Crippen LogP contribution in [0.5, 0.6) is 5.88 Å². The lowest BCUT2D eigenvalue weighted by Gasteiger charge is -1.97. The van der Waals surface area contributed by atoms with Crippen LogP contribution in [-0.4, -0.2) is 15.2 Å². The van der Waals surface area contributed by atoms with E-state index in [0.717, 1.165) is 10.9 Å². The third-order valence-corrected chi connectivity index (χ3v) is 2.73. The molecule has 106 valence electrons. The number of H-pyrrole nitrogens is 1. The molecule has 0 saturated heterocycles. The molecular weight excluding hydrogens is 266 g/mol. The first kappa shape index (κ1) is 14.3. The van der Waals surface area contributed by atoms with Crippen molar-refractivity contribution in [1.82, 2.24) is 4.98 Å². The first-order chi connectivity index (χ1) is 10.2. The molecule has 21 heavy (non-hydrogen) atoms. The summed E-state index contributed by atoms with van der Waals surface area (Å²) in [5.41, 5.74) is 1.28. The molecule has 0 unspecified atom stereocenters. The Hall–Kier alpha value is -3.08. The first-order valence-corrected chi connectivity index (χ1v) is 6.23. The average Bonchev–Trinajstić information content (AvgIpc) is 2.79. The topological polar surface area (TPSA) is 81.0 Å². The van der Waals surface area contributed by atoms with E-state index in [0.29, 0.717) is 5.69 Å². The molecule has 0 saturated carbocycles. The second kappa shape index (κ2) is 6.38. The molecule has 0 aliphatic heterocycles. The highest BCUT2D eigenvalue weighted by Gasteiger charge is 2.10. The van der Waals surface area contributed by atoms with Crippen LogP contribution in [0.2, 0.25) is 0 Å². The Morgan fingerprint density at radius 3 is 2.57 bits per heavy atom. The van der Waals surface area contributed by atoms with Crippen LogP contribution in [0.1, 0.15) is 0 Å². The van der Waals surface area contributed by atoms with E-state index < -0.39 is 0 Å². The van der Waals surface area contributed by atoms with Gasteiger partial charge < -0.3 is 15.2 Å². The Morgan fingerprint density at radius 1 is 1.14 bits per heavy atom. The van der Waals surface area contributed by atoms with Crippen molar-refractivity contribution < 1.29 is 10.2 Å². The van der Waals surface area contributed by atoms with Gasteiger partial charge >= 0.3 is 0 Å². The summed E-state index contributed by atoms with van der Waals surface area (Å²) in [6.07, 6.45) is 5.82. The predicted molar refractivity (Wildman–Crippen MR) is 83.7 cm³/mol. The maximum atomic E-state index is 9.88. The third kappa shape index (κ3) is 3.09. The van der Waals surface area contributed by atoms with Gasteiger partial charge in [-0.2, -0.15) is 0 Å². The summed E-state index contributed by atoms with van der Waals surface area (Å²) >= 11 is 0. The Balaban J connectivity index is 2.44. The second-order valence-corrected chi connectivity index (χ2v) is 4.14. The van der Waals surface area contributed by atoms with Crippen LogP contribution >= 0.6 is 0 Å². The number of nitrogens with zero attached hydrogens (tertiary/aromatic N) is 2. The van der Waals surface area contributed by atoms with Gasteiger partial charge in [-0.1, -0.05) is 43.5 Å². The van der Waals surface area contributed by atoms with Gasteiger partial charge in [0.1, 0.15) is 11.5 Å². The molecule has 5 nitrogen and oxygen atoms in total. The van der Waals surface area contributed by atoms with E-state index in [1.807, 2.05) is 24.3 Å². The zero-order valence-corrected chi connectivity index (χ0v) is 11.3. The Kier molecular flexibility index (Phi) is 4.36. The van der Waals surface area contributed by atoms with Crippen molar-refractivity contribution in [1.29, 1.82) is 0 Å². The van der Waals surface area contributed by atoms with Crippen LogP contribution in [0.15, 0.2) is 83.4 Å². The number of rotatable bonds is 5. The molecule has 0 aliphatic rings. The number of para-hydroxylation sites is 1. The number of hydrogen-bond acceptors (Lipinski definition) is 4. The minimum atomic E-state index is -0.0898. The lowest BCUT2D eigenvalue weighted by molar-refractivity contribution is 0.421. The van der Waals surface area contributed by atoms with Crippen molar-refractivity contribution in [3.8, 4) is 5.88 Å². The van der Waals surface area contributed by atoms with Crippen LogP contribution in [0.4, 0.5) is 5.69 Å². The van der Waals surface area contributed by atoms with Crippen molar-refractivity contribution in [2.45, 2.75) is 0 Å². The van der Waals surface area contributed by atoms with E-state index in [1.54, 1.807) is 0 Å². The van der Waals surface area contributed by atoms with Gasteiger partial charge in [0.05, 0.1) is 5.52 Å². The molecule has 2 rings (SSSR count). The smallest absolute Gasteiger partial charge is 0.218 e. The standard InChI is InChI=1S/C16H15N3O2/c1-3-7-13(14(20)8-4-2)18-19-15-11-9-5-6-10-12(11)17-16(15)21/h3-10,17,20-21H,1-2H2/b13-7+,14-8+,19-18?. The van der Waals surface area contributed by atoms with Gasteiger partial charge in [0.15, 0.2) is 5.69 Å². The fourth-order valence-electron chi connectivity index (χ4n) is 1.80. The molecule has 0 atom stereocenters. The van der Waals surface area contributed by atoms with Gasteiger partial charge in [0.25, 0.3) is 0 Å². The molecule has 0 amide bonds. The molecule has 1 heterocycles. The number of benzene rings is 1. The summed E-state index contributed by atoms with van der Waals surface area (Å²) in [7, 11) is 0. The maximum Gasteiger partial charge on any atom is 0.218 e. The van der Waals surface area contributed by atoms with E-state index >= 15 is 0 Å². The van der Waals surface area contributed by atoms with Crippen LogP contribution in [-0.2, 0) is 0 Å². The molecule has 1 aromatic heterocycles. The Morgan fingerprint density at radius 2 is 1.86 bits per heavy atom. The van der Waals surface area contributed by atoms with Crippen LogP contribution in [0, 0.1) is 0 Å². The summed E-state index contributed by atoms with van der Waals surface area (Å²) in [5, 5.41) is 28.4. The SMILES string of the molecule is C=C/C=C(O)\C(=C/C=C)N=Nc1c(O)[nH]c2ccccc12. The first-order valence-electron chi connectivity index (χ1n) is 6.23. The van der Waals surface area contributed by atoms with Crippen LogP contribution in [0.3, 0.4) is 0 Å². The molecule has 0 radical (unpaired) electrons. The van der Waals surface area contributed by atoms with Crippen molar-refractivity contribution in [3.63, 3.8) is 0 Å². The summed E-state index contributed by atoms with van der Waals surface area (Å²) in [4.78, 5) is 2.81. The normalized spacial score (nSPS) is 13.0. The van der Waals surface area contributed by atoms with Crippen molar-refractivity contribution in [3.05, 3.63) is 73.2 Å². The lowest BCUT2D eigenvalue weighted by atomic mass is 10.2. The van der Waals surface area contributed by atoms with E-state index in [4.69, 9.17) is 0 Å². The zero-order chi connectivity index (χ0) is 15.2. The predicted octanol–water partition coefficient (Wildman–Crippen LogP) is 4.66. The fraction of sp³-hybridized carbons (Fsp3) is 0. The number of fused-ring (bicyclic) bond motifs is 1. The maximum absolute atomic E-state index is 9.88. The largest absolute Gasteiger partial charge is 0.506 e. The molecular formula is C16H15N3O2. The van der Waals surface area contributed by atoms with E-state index in [9.17, 15) is 10.2 Å². The number of aliphatic hydroxyl groups is 1. The van der Waals surface area contributed by atoms with Crippen molar-refractivity contribution in [2.24, 2.45) is 10.2 Å². The summed E-state index contributed by atoms with van der Waals surface area (Å²) in [5.74, 6) is -0.168. The van der Waals surface area contributed by atoms with E-state index in [1.165, 1.54) is 24.3 Å². The molecule has 1 aromatic carbocycles. The number of hydrogen-bond donors (Lipinski definition) is 3. The molecule has 0 spiro atoms. The number of nitrogens with one attached hydrogen (secondary N) is 1. The van der Waals surface area contributed by atoms with Crippen LogP contribution in [0.25, 0.3) is 10.9 Å². The van der Waals surface area contributed by atoms with Crippen LogP contribution < -0.4 is 0 Å². The molecule has 5 heteroatoms. The summed E-state index contributed by atoms with van der Waals surface area (Å²) < 4.78 is 0. The van der Waals surface area contributed by atoms with Gasteiger partial charge in [-0.05, 0) is 18.2 Å². The Bertz CT molecular complexity index is 767. The molecule has 2 aromatic rings. The average molecular weight is 281 g/mol. The molecule has 3 N–H and O–H groups in total. The minimum absolute atomic E-state index is 0.0786. The van der Waals surface area contributed by atoms with Gasteiger partial charge in [-0.15, -0.1) is 10.2 Å². The van der Waals surface area contributed by atoms with Gasteiger partial charge in [0.2, 0.25) is 5.88 Å². The number of aromatic hydroxyl groups is 1. The second-order valence-electron chi connectivity index (χ2n) is 4.14.